The number of aromatic amines is 1. The van der Waals surface area contributed by atoms with Gasteiger partial charge in [0.25, 0.3) is 5.56 Å². The third kappa shape index (κ3) is 3.41. The first-order chi connectivity index (χ1) is 9.00. The lowest BCUT2D eigenvalue weighted by molar-refractivity contribution is 0.476. The van der Waals surface area contributed by atoms with Crippen LogP contribution in [-0.4, -0.2) is 9.55 Å². The van der Waals surface area contributed by atoms with Crippen LogP contribution in [0.2, 0.25) is 0 Å². The van der Waals surface area contributed by atoms with Crippen molar-refractivity contribution in [3.05, 3.63) is 32.1 Å². The molecule has 0 aliphatic rings. The highest BCUT2D eigenvalue weighted by Gasteiger charge is 2.30. The van der Waals surface area contributed by atoms with Crippen molar-refractivity contribution >= 4 is 0 Å². The lowest BCUT2D eigenvalue weighted by Crippen LogP contribution is -2.44. The average molecular weight is 280 g/mol. The van der Waals surface area contributed by atoms with E-state index in [0.29, 0.717) is 6.54 Å². The van der Waals surface area contributed by atoms with Gasteiger partial charge in [-0.15, -0.1) is 0 Å². The molecule has 4 nitrogen and oxygen atoms in total. The number of nitrogens with one attached hydrogen (secondary N) is 1. The molecule has 1 rings (SSSR count). The Labute approximate surface area is 121 Å². The lowest BCUT2D eigenvalue weighted by Gasteiger charge is -2.29. The normalized spacial score (nSPS) is 12.8. The maximum Gasteiger partial charge on any atom is 0.328 e. The molecule has 0 aliphatic carbocycles. The smallest absolute Gasteiger partial charge is 0.310 e. The monoisotopic (exact) mass is 280 g/mol. The quantitative estimate of drug-likeness (QED) is 0.925. The molecule has 1 aromatic heterocycles. The van der Waals surface area contributed by atoms with Crippen LogP contribution in [-0.2, 0) is 17.4 Å². The van der Waals surface area contributed by atoms with E-state index in [1.165, 1.54) is 4.57 Å². The van der Waals surface area contributed by atoms with Crippen molar-refractivity contribution < 1.29 is 0 Å². The minimum absolute atomic E-state index is 0.139. The Morgan fingerprint density at radius 1 is 1.00 bits per heavy atom. The third-order valence-electron chi connectivity index (χ3n) is 3.42. The number of nitrogens with zero attached hydrogens (tertiary/aromatic N) is 1. The van der Waals surface area contributed by atoms with E-state index in [2.05, 4.69) is 4.98 Å². The first kappa shape index (κ1) is 16.7. The standard InChI is InChI=1S/C16H28N2O2/c1-8-9-10-18-13(19)11(15(2,3)4)12(16(5,6)7)17-14(18)20/h8-10H2,1-7H3,(H,17,20). The second kappa shape index (κ2) is 5.58. The highest BCUT2D eigenvalue weighted by molar-refractivity contribution is 5.30. The number of hydrogen-bond acceptors (Lipinski definition) is 2. The summed E-state index contributed by atoms with van der Waals surface area (Å²) < 4.78 is 1.35. The largest absolute Gasteiger partial charge is 0.328 e. The summed E-state index contributed by atoms with van der Waals surface area (Å²) in [5.41, 5.74) is 0.497. The molecule has 0 saturated carbocycles. The van der Waals surface area contributed by atoms with Gasteiger partial charge in [-0.2, -0.15) is 0 Å². The van der Waals surface area contributed by atoms with Crippen molar-refractivity contribution in [2.45, 2.75) is 78.7 Å². The summed E-state index contributed by atoms with van der Waals surface area (Å²) in [5, 5.41) is 0. The van der Waals surface area contributed by atoms with Crippen LogP contribution >= 0.6 is 0 Å². The molecule has 0 spiro atoms. The minimum atomic E-state index is -0.294. The molecule has 0 radical (unpaired) electrons. The summed E-state index contributed by atoms with van der Waals surface area (Å²) >= 11 is 0. The zero-order valence-electron chi connectivity index (χ0n) is 13.9. The van der Waals surface area contributed by atoms with Gasteiger partial charge in [-0.1, -0.05) is 54.9 Å². The Bertz CT molecular complexity index is 580. The van der Waals surface area contributed by atoms with Gasteiger partial charge in [0.1, 0.15) is 0 Å². The van der Waals surface area contributed by atoms with Gasteiger partial charge < -0.3 is 4.98 Å². The molecular formula is C16H28N2O2. The number of H-pyrrole nitrogens is 1. The second-order valence-electron chi connectivity index (χ2n) is 7.49. The van der Waals surface area contributed by atoms with Crippen LogP contribution in [0.25, 0.3) is 0 Å². The fourth-order valence-corrected chi connectivity index (χ4v) is 2.35. The Morgan fingerprint density at radius 2 is 1.55 bits per heavy atom. The van der Waals surface area contributed by atoms with Gasteiger partial charge in [-0.25, -0.2) is 4.79 Å². The molecule has 114 valence electrons. The predicted octanol–water partition coefficient (Wildman–Crippen LogP) is 2.93. The van der Waals surface area contributed by atoms with Gasteiger partial charge >= 0.3 is 5.69 Å². The summed E-state index contributed by atoms with van der Waals surface area (Å²) in [6.07, 6.45) is 1.79. The van der Waals surface area contributed by atoms with Crippen LogP contribution in [0.15, 0.2) is 9.59 Å². The van der Waals surface area contributed by atoms with Crippen molar-refractivity contribution in [3.8, 4) is 0 Å². The predicted molar refractivity (Wildman–Crippen MR) is 83.6 cm³/mol. The van der Waals surface area contributed by atoms with Crippen molar-refractivity contribution in [1.29, 1.82) is 0 Å². The van der Waals surface area contributed by atoms with E-state index in [-0.39, 0.29) is 22.1 Å². The van der Waals surface area contributed by atoms with E-state index in [1.54, 1.807) is 0 Å². The fourth-order valence-electron chi connectivity index (χ4n) is 2.35. The summed E-state index contributed by atoms with van der Waals surface area (Å²) in [7, 11) is 0. The summed E-state index contributed by atoms with van der Waals surface area (Å²) in [6, 6.07) is 0. The molecule has 0 saturated heterocycles. The Hall–Kier alpha value is -1.32. The van der Waals surface area contributed by atoms with E-state index in [4.69, 9.17) is 0 Å². The van der Waals surface area contributed by atoms with Gasteiger partial charge in [0.05, 0.1) is 0 Å². The van der Waals surface area contributed by atoms with Crippen molar-refractivity contribution in [3.63, 3.8) is 0 Å². The van der Waals surface area contributed by atoms with Crippen LogP contribution in [0.3, 0.4) is 0 Å². The number of aromatic nitrogens is 2. The highest BCUT2D eigenvalue weighted by Crippen LogP contribution is 2.29. The molecule has 0 aliphatic heterocycles. The van der Waals surface area contributed by atoms with E-state index in [1.807, 2.05) is 48.5 Å². The van der Waals surface area contributed by atoms with E-state index < -0.39 is 0 Å². The van der Waals surface area contributed by atoms with E-state index in [9.17, 15) is 9.59 Å². The second-order valence-corrected chi connectivity index (χ2v) is 7.49. The summed E-state index contributed by atoms with van der Waals surface area (Å²) in [4.78, 5) is 27.9. The Morgan fingerprint density at radius 3 is 1.95 bits per heavy atom. The topological polar surface area (TPSA) is 54.9 Å². The van der Waals surface area contributed by atoms with Crippen LogP contribution in [0.4, 0.5) is 0 Å². The van der Waals surface area contributed by atoms with Crippen molar-refractivity contribution in [2.75, 3.05) is 0 Å². The molecule has 4 heteroatoms. The number of unbranched alkanes of at least 4 members (excludes halogenated alkanes) is 1. The summed E-state index contributed by atoms with van der Waals surface area (Å²) in [5.74, 6) is 0. The van der Waals surface area contributed by atoms with Crippen LogP contribution in [0.5, 0.6) is 0 Å². The van der Waals surface area contributed by atoms with E-state index >= 15 is 0 Å². The summed E-state index contributed by atoms with van der Waals surface area (Å²) in [6.45, 7) is 14.6. The van der Waals surface area contributed by atoms with Gasteiger partial charge in [-0.3, -0.25) is 9.36 Å². The molecule has 0 aromatic carbocycles. The molecular weight excluding hydrogens is 252 g/mol. The Kier molecular flexibility index (Phi) is 4.67. The molecule has 1 N–H and O–H groups in total. The van der Waals surface area contributed by atoms with Gasteiger partial charge in [0, 0.05) is 23.2 Å². The lowest BCUT2D eigenvalue weighted by atomic mass is 9.79. The maximum absolute atomic E-state index is 12.8. The Balaban J connectivity index is 3.68. The minimum Gasteiger partial charge on any atom is -0.310 e. The molecule has 0 amide bonds. The molecule has 20 heavy (non-hydrogen) atoms. The molecule has 0 bridgehead atoms. The third-order valence-corrected chi connectivity index (χ3v) is 3.42. The first-order valence-corrected chi connectivity index (χ1v) is 7.38. The van der Waals surface area contributed by atoms with Gasteiger partial charge in [0.15, 0.2) is 0 Å². The van der Waals surface area contributed by atoms with Gasteiger partial charge in [-0.05, 0) is 11.8 Å². The van der Waals surface area contributed by atoms with Crippen LogP contribution < -0.4 is 11.2 Å². The highest BCUT2D eigenvalue weighted by atomic mass is 16.2. The molecule has 1 aromatic rings. The van der Waals surface area contributed by atoms with Crippen molar-refractivity contribution in [1.82, 2.24) is 9.55 Å². The maximum atomic E-state index is 12.8. The number of hydrogen-bond donors (Lipinski definition) is 1. The van der Waals surface area contributed by atoms with E-state index in [0.717, 1.165) is 24.1 Å². The van der Waals surface area contributed by atoms with Crippen LogP contribution in [0.1, 0.15) is 72.6 Å². The average Bonchev–Trinajstić information content (AvgIpc) is 2.24. The van der Waals surface area contributed by atoms with Gasteiger partial charge in [0.2, 0.25) is 0 Å². The first-order valence-electron chi connectivity index (χ1n) is 7.38. The molecule has 0 fully saturated rings. The zero-order valence-corrected chi connectivity index (χ0v) is 13.9. The molecule has 0 unspecified atom stereocenters. The number of rotatable bonds is 3. The SMILES string of the molecule is CCCCn1c(=O)[nH]c(C(C)(C)C)c(C(C)(C)C)c1=O. The van der Waals surface area contributed by atoms with Crippen LogP contribution in [0, 0.1) is 0 Å². The molecule has 1 heterocycles. The zero-order chi connectivity index (χ0) is 15.7. The fraction of sp³-hybridized carbons (Fsp3) is 0.750. The molecule has 0 atom stereocenters. The van der Waals surface area contributed by atoms with Crippen molar-refractivity contribution in [2.24, 2.45) is 0 Å².